The Morgan fingerprint density at radius 3 is 2.38 bits per heavy atom. The summed E-state index contributed by atoms with van der Waals surface area (Å²) in [7, 11) is 4.09. The van der Waals surface area contributed by atoms with Crippen molar-refractivity contribution in [2.45, 2.75) is 18.9 Å². The molecular weight excluding hydrogens is 200 g/mol. The van der Waals surface area contributed by atoms with Gasteiger partial charge >= 0.3 is 0 Å². The van der Waals surface area contributed by atoms with Gasteiger partial charge in [-0.2, -0.15) is 0 Å². The summed E-state index contributed by atoms with van der Waals surface area (Å²) in [6.07, 6.45) is 2.64. The number of benzene rings is 1. The number of hydrogen-bond donors (Lipinski definition) is 1. The third-order valence-electron chi connectivity index (χ3n) is 3.11. The first-order chi connectivity index (χ1) is 7.78. The summed E-state index contributed by atoms with van der Waals surface area (Å²) < 4.78 is 5.95. The number of piperidine rings is 1. The van der Waals surface area contributed by atoms with E-state index >= 15 is 0 Å². The summed E-state index contributed by atoms with van der Waals surface area (Å²) in [6.45, 7) is 2.28. The van der Waals surface area contributed by atoms with Gasteiger partial charge in [-0.1, -0.05) is 0 Å². The second kappa shape index (κ2) is 5.21. The molecule has 1 N–H and O–H groups in total. The highest BCUT2D eigenvalue weighted by molar-refractivity contribution is 5.45. The molecule has 0 saturated carbocycles. The minimum atomic E-state index is 0.386. The van der Waals surface area contributed by atoms with E-state index in [1.165, 1.54) is 0 Å². The molecule has 1 aliphatic rings. The Bertz CT molecular complexity index is 315. The van der Waals surface area contributed by atoms with Gasteiger partial charge in [-0.3, -0.25) is 0 Å². The van der Waals surface area contributed by atoms with Crippen LogP contribution in [0, 0.1) is 0 Å². The highest BCUT2D eigenvalue weighted by atomic mass is 16.5. The Hall–Kier alpha value is -1.22. The van der Waals surface area contributed by atoms with Crippen LogP contribution in [0.3, 0.4) is 0 Å². The number of hydrogen-bond acceptors (Lipinski definition) is 3. The molecule has 1 fully saturated rings. The molecular formula is C13H20N2O. The molecule has 0 bridgehead atoms. The zero-order valence-electron chi connectivity index (χ0n) is 10.1. The molecule has 88 valence electrons. The molecule has 0 amide bonds. The molecule has 1 saturated heterocycles. The van der Waals surface area contributed by atoms with Crippen LogP contribution in [0.2, 0.25) is 0 Å². The third kappa shape index (κ3) is 2.89. The highest BCUT2D eigenvalue weighted by Crippen LogP contribution is 2.20. The summed E-state index contributed by atoms with van der Waals surface area (Å²) in [5, 5.41) is 3.10. The van der Waals surface area contributed by atoms with E-state index in [0.717, 1.165) is 37.4 Å². The van der Waals surface area contributed by atoms with Crippen LogP contribution in [-0.4, -0.2) is 38.2 Å². The molecule has 1 aliphatic heterocycles. The molecule has 0 aromatic heterocycles. The van der Waals surface area contributed by atoms with E-state index in [-0.39, 0.29) is 0 Å². The monoisotopic (exact) mass is 220 g/mol. The van der Waals surface area contributed by atoms with Crippen molar-refractivity contribution in [3.8, 4) is 5.75 Å². The second-order valence-electron chi connectivity index (χ2n) is 4.39. The quantitative estimate of drug-likeness (QED) is 0.845. The van der Waals surface area contributed by atoms with Gasteiger partial charge in [-0.15, -0.1) is 0 Å². The van der Waals surface area contributed by atoms with Gasteiger partial charge in [0, 0.05) is 25.8 Å². The zero-order valence-corrected chi connectivity index (χ0v) is 10.1. The van der Waals surface area contributed by atoms with Crippen molar-refractivity contribution < 1.29 is 4.74 Å². The smallest absolute Gasteiger partial charge is 0.119 e. The highest BCUT2D eigenvalue weighted by Gasteiger charge is 2.17. The molecule has 3 heteroatoms. The second-order valence-corrected chi connectivity index (χ2v) is 4.39. The van der Waals surface area contributed by atoms with Crippen LogP contribution < -0.4 is 10.1 Å². The van der Waals surface area contributed by atoms with Crippen LogP contribution in [0.1, 0.15) is 12.8 Å². The number of anilines is 1. The lowest BCUT2D eigenvalue weighted by Gasteiger charge is -2.29. The van der Waals surface area contributed by atoms with E-state index in [4.69, 9.17) is 4.74 Å². The minimum Gasteiger partial charge on any atom is -0.490 e. The van der Waals surface area contributed by atoms with E-state index in [0.29, 0.717) is 6.10 Å². The summed E-state index contributed by atoms with van der Waals surface area (Å²) in [5.41, 5.74) is 1.12. The normalized spacial score (nSPS) is 18.4. The largest absolute Gasteiger partial charge is 0.490 e. The van der Waals surface area contributed by atoms with Crippen molar-refractivity contribution in [2.24, 2.45) is 0 Å². The van der Waals surface area contributed by atoms with E-state index in [9.17, 15) is 0 Å². The molecule has 1 aromatic carbocycles. The van der Waals surface area contributed by atoms with Crippen LogP contribution in [0.5, 0.6) is 5.75 Å². The van der Waals surface area contributed by atoms with Gasteiger partial charge in [0.15, 0.2) is 0 Å². The lowest BCUT2D eigenvalue weighted by atomic mass is 10.1. The van der Waals surface area contributed by atoms with Crippen LogP contribution in [0.4, 0.5) is 5.69 Å². The molecule has 3 nitrogen and oxygen atoms in total. The number of nitrogens with one attached hydrogen (secondary N) is 1. The summed E-state index contributed by atoms with van der Waals surface area (Å²) >= 11 is 0. The van der Waals surface area contributed by atoms with Crippen molar-refractivity contribution in [1.29, 1.82) is 0 Å². The van der Waals surface area contributed by atoms with Gasteiger partial charge in [0.05, 0.1) is 0 Å². The molecule has 1 aromatic rings. The summed E-state index contributed by atoms with van der Waals surface area (Å²) in [4.78, 5) is 2.35. The Kier molecular flexibility index (Phi) is 3.67. The average Bonchev–Trinajstić information content (AvgIpc) is 2.33. The lowest BCUT2D eigenvalue weighted by molar-refractivity contribution is 0.114. The van der Waals surface area contributed by atoms with Crippen molar-refractivity contribution in [1.82, 2.24) is 4.90 Å². The van der Waals surface area contributed by atoms with Crippen molar-refractivity contribution >= 4 is 5.69 Å². The Balaban J connectivity index is 1.88. The van der Waals surface area contributed by atoms with Crippen molar-refractivity contribution in [3.63, 3.8) is 0 Å². The Morgan fingerprint density at radius 1 is 1.19 bits per heavy atom. The fraction of sp³-hybridized carbons (Fsp3) is 0.538. The predicted molar refractivity (Wildman–Crippen MR) is 67.1 cm³/mol. The Morgan fingerprint density at radius 2 is 1.81 bits per heavy atom. The van der Waals surface area contributed by atoms with E-state index in [1.807, 2.05) is 31.3 Å². The van der Waals surface area contributed by atoms with Gasteiger partial charge in [-0.05, 0) is 44.2 Å². The molecule has 0 aliphatic carbocycles. The molecule has 0 atom stereocenters. The first-order valence-corrected chi connectivity index (χ1v) is 5.91. The minimum absolute atomic E-state index is 0.386. The maximum absolute atomic E-state index is 5.95. The zero-order chi connectivity index (χ0) is 11.4. The molecule has 2 rings (SSSR count). The van der Waals surface area contributed by atoms with Gasteiger partial charge in [0.1, 0.15) is 11.9 Å². The number of ether oxygens (including phenoxy) is 1. The molecule has 1 heterocycles. The SMILES string of the molecule is CNc1ccc(OC2CCN(C)CC2)cc1. The number of likely N-dealkylation sites (tertiary alicyclic amines) is 1. The first kappa shape index (κ1) is 11.3. The maximum atomic E-state index is 5.95. The standard InChI is InChI=1S/C13H20N2O/c1-14-11-3-5-12(6-4-11)16-13-7-9-15(2)10-8-13/h3-6,13-14H,7-10H2,1-2H3. The average molecular weight is 220 g/mol. The van der Waals surface area contributed by atoms with Gasteiger partial charge in [-0.25, -0.2) is 0 Å². The van der Waals surface area contributed by atoms with E-state index in [1.54, 1.807) is 0 Å². The summed E-state index contributed by atoms with van der Waals surface area (Å²) in [6, 6.07) is 8.16. The van der Waals surface area contributed by atoms with Crippen LogP contribution in [-0.2, 0) is 0 Å². The molecule has 0 radical (unpaired) electrons. The fourth-order valence-corrected chi connectivity index (χ4v) is 2.00. The van der Waals surface area contributed by atoms with Crippen molar-refractivity contribution in [3.05, 3.63) is 24.3 Å². The van der Waals surface area contributed by atoms with Gasteiger partial charge in [0.2, 0.25) is 0 Å². The van der Waals surface area contributed by atoms with Crippen LogP contribution in [0.15, 0.2) is 24.3 Å². The predicted octanol–water partition coefficient (Wildman–Crippen LogP) is 2.20. The third-order valence-corrected chi connectivity index (χ3v) is 3.11. The van der Waals surface area contributed by atoms with E-state index in [2.05, 4.69) is 17.3 Å². The first-order valence-electron chi connectivity index (χ1n) is 5.91. The van der Waals surface area contributed by atoms with E-state index < -0.39 is 0 Å². The summed E-state index contributed by atoms with van der Waals surface area (Å²) in [5.74, 6) is 0.980. The Labute approximate surface area is 97.4 Å². The number of rotatable bonds is 3. The molecule has 0 unspecified atom stereocenters. The van der Waals surface area contributed by atoms with Crippen molar-refractivity contribution in [2.75, 3.05) is 32.5 Å². The van der Waals surface area contributed by atoms with Gasteiger partial charge < -0.3 is 15.0 Å². The van der Waals surface area contributed by atoms with Crippen LogP contribution in [0.25, 0.3) is 0 Å². The van der Waals surface area contributed by atoms with Gasteiger partial charge in [0.25, 0.3) is 0 Å². The lowest BCUT2D eigenvalue weighted by Crippen LogP contribution is -2.35. The molecule has 16 heavy (non-hydrogen) atoms. The fourth-order valence-electron chi connectivity index (χ4n) is 2.00. The van der Waals surface area contributed by atoms with Crippen LogP contribution >= 0.6 is 0 Å². The number of nitrogens with zero attached hydrogens (tertiary/aromatic N) is 1. The topological polar surface area (TPSA) is 24.5 Å². The maximum Gasteiger partial charge on any atom is 0.119 e. The molecule has 0 spiro atoms.